The largest absolute Gasteiger partial charge is 0.469 e. The average molecular weight is 283 g/mol. The first kappa shape index (κ1) is 13.0. The molecule has 78 valence electrons. The van der Waals surface area contributed by atoms with Crippen molar-refractivity contribution in [3.63, 3.8) is 0 Å². The first-order chi connectivity index (χ1) is 5.70. The Morgan fingerprint density at radius 3 is 2.31 bits per heavy atom. The Balaban J connectivity index is 4.12. The predicted molar refractivity (Wildman–Crippen MR) is 44.8 cm³/mol. The molecule has 0 fully saturated rings. The fourth-order valence-electron chi connectivity index (χ4n) is 0.503. The molecule has 0 saturated heterocycles. The van der Waals surface area contributed by atoms with E-state index >= 15 is 0 Å². The molecule has 0 saturated carbocycles. The smallest absolute Gasteiger partial charge is 0.348 e. The fourth-order valence-corrected chi connectivity index (χ4v) is 0.796. The quantitative estimate of drug-likeness (QED) is 0.586. The molecule has 1 atom stereocenters. The predicted octanol–water partition coefficient (Wildman–Crippen LogP) is 2.83. The zero-order valence-electron chi connectivity index (χ0n) is 6.62. The maximum absolute atomic E-state index is 12.9. The van der Waals surface area contributed by atoms with Gasteiger partial charge in [-0.1, -0.05) is 11.6 Å². The van der Waals surface area contributed by atoms with Gasteiger partial charge in [0.25, 0.3) is 5.13 Å². The fraction of sp³-hybridized carbons (Fsp3) is 0.833. The van der Waals surface area contributed by atoms with Gasteiger partial charge in [0.1, 0.15) is 0 Å². The molecule has 13 heavy (non-hydrogen) atoms. The molecular formula is C6H7BrClF3O2. The summed E-state index contributed by atoms with van der Waals surface area (Å²) < 4.78 is 41.6. The zero-order chi connectivity index (χ0) is 10.7. The van der Waals surface area contributed by atoms with E-state index in [2.05, 4.69) is 4.74 Å². The maximum Gasteiger partial charge on any atom is 0.348 e. The molecule has 0 spiro atoms. The Kier molecular flexibility index (Phi) is 4.51. The van der Waals surface area contributed by atoms with Crippen molar-refractivity contribution in [3.05, 3.63) is 0 Å². The minimum absolute atomic E-state index is 0.502. The molecule has 0 aliphatic heterocycles. The van der Waals surface area contributed by atoms with Crippen LogP contribution in [0.3, 0.4) is 0 Å². The van der Waals surface area contributed by atoms with Crippen LogP contribution in [0.2, 0.25) is 0 Å². The number of esters is 1. The van der Waals surface area contributed by atoms with Crippen molar-refractivity contribution in [3.8, 4) is 0 Å². The van der Waals surface area contributed by atoms with Crippen molar-refractivity contribution >= 4 is 33.5 Å². The first-order valence-corrected chi connectivity index (χ1v) is 4.39. The number of rotatable bonds is 4. The van der Waals surface area contributed by atoms with Crippen LogP contribution in [0.15, 0.2) is 0 Å². The SMILES string of the molecule is COC(=O)CC[C@](F)(Cl)C(F)(F)Br. The van der Waals surface area contributed by atoms with Gasteiger partial charge in [-0.15, -0.1) is 0 Å². The monoisotopic (exact) mass is 282 g/mol. The summed E-state index contributed by atoms with van der Waals surface area (Å²) in [5, 5.41) is -3.28. The molecule has 0 unspecified atom stereocenters. The van der Waals surface area contributed by atoms with Crippen LogP contribution >= 0.6 is 27.5 Å². The summed E-state index contributed by atoms with van der Waals surface area (Å²) in [7, 11) is 1.07. The minimum atomic E-state index is -3.87. The third-order valence-corrected chi connectivity index (χ3v) is 2.57. The van der Waals surface area contributed by atoms with E-state index in [9.17, 15) is 18.0 Å². The Bertz CT molecular complexity index is 193. The third kappa shape index (κ3) is 4.17. The second kappa shape index (κ2) is 4.50. The summed E-state index contributed by atoms with van der Waals surface area (Å²) in [5.74, 6) is -0.792. The summed E-state index contributed by atoms with van der Waals surface area (Å²) >= 11 is 6.62. The van der Waals surface area contributed by atoms with Crippen molar-refractivity contribution in [2.75, 3.05) is 7.11 Å². The number of hydrogen-bond acceptors (Lipinski definition) is 2. The summed E-state index contributed by atoms with van der Waals surface area (Å²) in [6.07, 6.45) is -1.32. The van der Waals surface area contributed by atoms with Gasteiger partial charge in [0.15, 0.2) is 0 Å². The van der Waals surface area contributed by atoms with Crippen LogP contribution in [0.5, 0.6) is 0 Å². The highest BCUT2D eigenvalue weighted by Gasteiger charge is 2.51. The maximum atomic E-state index is 12.9. The Labute approximate surface area is 86.5 Å². The number of hydrogen-bond donors (Lipinski definition) is 0. The van der Waals surface area contributed by atoms with E-state index in [1.165, 1.54) is 0 Å². The molecule has 0 aliphatic rings. The summed E-state index contributed by atoms with van der Waals surface area (Å²) in [6.45, 7) is 0. The van der Waals surface area contributed by atoms with Crippen LogP contribution in [0.4, 0.5) is 13.2 Å². The molecule has 0 radical (unpaired) electrons. The minimum Gasteiger partial charge on any atom is -0.469 e. The van der Waals surface area contributed by atoms with Crippen LogP contribution in [-0.4, -0.2) is 23.0 Å². The Morgan fingerprint density at radius 2 is 2.00 bits per heavy atom. The van der Waals surface area contributed by atoms with Crippen LogP contribution < -0.4 is 0 Å². The lowest BCUT2D eigenvalue weighted by atomic mass is 10.2. The van der Waals surface area contributed by atoms with E-state index in [0.717, 1.165) is 7.11 Å². The highest BCUT2D eigenvalue weighted by molar-refractivity contribution is 9.10. The molecule has 0 N–H and O–H groups in total. The number of halogens is 5. The van der Waals surface area contributed by atoms with E-state index in [-0.39, 0.29) is 0 Å². The standard InChI is InChI=1S/C6H7BrClF3O2/c1-13-4(12)2-3-5(8,9)6(7,10)11/h2-3H2,1H3/t5-/m1/s1. The van der Waals surface area contributed by atoms with Gasteiger partial charge in [-0.3, -0.25) is 4.79 Å². The molecule has 7 heteroatoms. The molecular weight excluding hydrogens is 276 g/mol. The molecule has 0 aromatic carbocycles. The van der Waals surface area contributed by atoms with Crippen molar-refractivity contribution in [1.29, 1.82) is 0 Å². The highest BCUT2D eigenvalue weighted by atomic mass is 79.9. The van der Waals surface area contributed by atoms with Crippen LogP contribution in [-0.2, 0) is 9.53 Å². The summed E-state index contributed by atoms with van der Waals surface area (Å²) in [6, 6.07) is 0. The second-order valence-corrected chi connectivity index (χ2v) is 3.87. The normalized spacial score (nSPS) is 16.5. The van der Waals surface area contributed by atoms with Gasteiger partial charge in [0, 0.05) is 6.42 Å². The Hall–Kier alpha value is 0.0300. The van der Waals surface area contributed by atoms with E-state index in [4.69, 9.17) is 11.6 Å². The number of methoxy groups -OCH3 is 1. The lowest BCUT2D eigenvalue weighted by Crippen LogP contribution is -2.34. The number of carbonyl (C=O) groups excluding carboxylic acids is 1. The lowest BCUT2D eigenvalue weighted by Gasteiger charge is -2.22. The van der Waals surface area contributed by atoms with Gasteiger partial charge >= 0.3 is 10.8 Å². The van der Waals surface area contributed by atoms with Gasteiger partial charge in [0.05, 0.1) is 13.5 Å². The lowest BCUT2D eigenvalue weighted by molar-refractivity contribution is -0.141. The zero-order valence-corrected chi connectivity index (χ0v) is 8.96. The van der Waals surface area contributed by atoms with Gasteiger partial charge in [0.2, 0.25) is 0 Å². The van der Waals surface area contributed by atoms with Crippen molar-refractivity contribution in [2.24, 2.45) is 0 Å². The molecule has 0 rings (SSSR count). The Morgan fingerprint density at radius 1 is 1.54 bits per heavy atom. The van der Waals surface area contributed by atoms with E-state index in [0.29, 0.717) is 0 Å². The highest BCUT2D eigenvalue weighted by Crippen LogP contribution is 2.44. The number of ether oxygens (including phenoxy) is 1. The van der Waals surface area contributed by atoms with E-state index in [1.807, 2.05) is 0 Å². The van der Waals surface area contributed by atoms with Gasteiger partial charge < -0.3 is 4.74 Å². The molecule has 0 aromatic rings. The molecule has 0 aliphatic carbocycles. The van der Waals surface area contributed by atoms with Crippen LogP contribution in [0, 0.1) is 0 Å². The van der Waals surface area contributed by atoms with Crippen molar-refractivity contribution in [1.82, 2.24) is 0 Å². The molecule has 0 aromatic heterocycles. The van der Waals surface area contributed by atoms with Crippen molar-refractivity contribution in [2.45, 2.75) is 22.8 Å². The van der Waals surface area contributed by atoms with Gasteiger partial charge in [-0.2, -0.15) is 8.78 Å². The molecule has 0 bridgehead atoms. The second-order valence-electron chi connectivity index (χ2n) is 2.28. The number of carbonyl (C=O) groups is 1. The van der Waals surface area contributed by atoms with E-state index in [1.54, 1.807) is 15.9 Å². The van der Waals surface area contributed by atoms with E-state index < -0.39 is 28.8 Å². The topological polar surface area (TPSA) is 26.3 Å². The summed E-state index contributed by atoms with van der Waals surface area (Å²) in [4.78, 5) is 6.61. The number of alkyl halides is 5. The van der Waals surface area contributed by atoms with Gasteiger partial charge in [-0.05, 0) is 15.9 Å². The molecule has 0 amide bonds. The molecule has 0 heterocycles. The summed E-state index contributed by atoms with van der Waals surface area (Å²) in [5.41, 5.74) is 0. The first-order valence-electron chi connectivity index (χ1n) is 3.22. The van der Waals surface area contributed by atoms with Gasteiger partial charge in [-0.25, -0.2) is 4.39 Å². The third-order valence-electron chi connectivity index (χ3n) is 1.29. The average Bonchev–Trinajstić information content (AvgIpc) is 1.98. The molecule has 2 nitrogen and oxygen atoms in total. The van der Waals surface area contributed by atoms with Crippen LogP contribution in [0.1, 0.15) is 12.8 Å². The van der Waals surface area contributed by atoms with Crippen molar-refractivity contribution < 1.29 is 22.7 Å². The van der Waals surface area contributed by atoms with Crippen LogP contribution in [0.25, 0.3) is 0 Å².